The lowest BCUT2D eigenvalue weighted by molar-refractivity contribution is 0.320. The van der Waals surface area contributed by atoms with Crippen molar-refractivity contribution in [1.29, 1.82) is 5.41 Å². The van der Waals surface area contributed by atoms with E-state index >= 15 is 0 Å². The zero-order valence-electron chi connectivity index (χ0n) is 10.2. The minimum atomic E-state index is 0.152. The molecule has 0 aromatic heterocycles. The summed E-state index contributed by atoms with van der Waals surface area (Å²) in [5, 5.41) is 7.52. The molecule has 0 aliphatic carbocycles. The second kappa shape index (κ2) is 6.28. The van der Waals surface area contributed by atoms with Crippen LogP contribution in [0.15, 0.2) is 24.3 Å². The van der Waals surface area contributed by atoms with Crippen LogP contribution in [0, 0.1) is 5.41 Å². The smallest absolute Gasteiger partial charge is 0.123 e. The Morgan fingerprint density at radius 1 is 1.38 bits per heavy atom. The van der Waals surface area contributed by atoms with Crippen LogP contribution in [0.1, 0.15) is 30.9 Å². The van der Waals surface area contributed by atoms with E-state index < -0.39 is 0 Å². The summed E-state index contributed by atoms with van der Waals surface area (Å²) in [6.07, 6.45) is 2.41. The molecule has 88 valence electrons. The molecule has 1 aromatic rings. The number of hydrogen-bond acceptors (Lipinski definition) is 2. The fourth-order valence-corrected chi connectivity index (χ4v) is 1.72. The lowest BCUT2D eigenvalue weighted by Crippen LogP contribution is -2.22. The molecule has 3 heteroatoms. The molecular weight excluding hydrogens is 198 g/mol. The van der Waals surface area contributed by atoms with E-state index in [1.807, 2.05) is 24.3 Å². The quantitative estimate of drug-likeness (QED) is 0.569. The van der Waals surface area contributed by atoms with Crippen LogP contribution in [0.3, 0.4) is 0 Å². The molecule has 0 saturated heterocycles. The normalized spacial score (nSPS) is 10.7. The molecule has 0 fully saturated rings. The number of benzene rings is 1. The first-order valence-electron chi connectivity index (χ1n) is 5.76. The van der Waals surface area contributed by atoms with Crippen LogP contribution in [-0.4, -0.2) is 24.3 Å². The van der Waals surface area contributed by atoms with Crippen LogP contribution in [-0.2, 0) is 6.54 Å². The highest BCUT2D eigenvalue weighted by atomic mass is 15.1. The Bertz CT molecular complexity index is 347. The van der Waals surface area contributed by atoms with E-state index in [4.69, 9.17) is 11.1 Å². The van der Waals surface area contributed by atoms with Gasteiger partial charge in [0.1, 0.15) is 5.84 Å². The van der Waals surface area contributed by atoms with Crippen LogP contribution < -0.4 is 5.73 Å². The van der Waals surface area contributed by atoms with Crippen LogP contribution >= 0.6 is 0 Å². The maximum atomic E-state index is 7.52. The summed E-state index contributed by atoms with van der Waals surface area (Å²) in [5.74, 6) is 0.152. The molecule has 1 rings (SSSR count). The van der Waals surface area contributed by atoms with E-state index in [0.717, 1.165) is 24.2 Å². The lowest BCUT2D eigenvalue weighted by atomic mass is 10.1. The van der Waals surface area contributed by atoms with Gasteiger partial charge in [-0.2, -0.15) is 0 Å². The number of nitrogen functional groups attached to an aromatic ring is 1. The van der Waals surface area contributed by atoms with Gasteiger partial charge in [-0.05, 0) is 25.6 Å². The number of amidine groups is 1. The second-order valence-electron chi connectivity index (χ2n) is 4.16. The van der Waals surface area contributed by atoms with Gasteiger partial charge in [0.05, 0.1) is 0 Å². The molecular formula is C13H21N3. The molecule has 0 aliphatic heterocycles. The number of unbranched alkanes of at least 4 members (excludes halogenated alkanes) is 1. The monoisotopic (exact) mass is 219 g/mol. The summed E-state index contributed by atoms with van der Waals surface area (Å²) in [6.45, 7) is 4.13. The average Bonchev–Trinajstić information content (AvgIpc) is 2.27. The van der Waals surface area contributed by atoms with Gasteiger partial charge >= 0.3 is 0 Å². The van der Waals surface area contributed by atoms with E-state index in [9.17, 15) is 0 Å². The largest absolute Gasteiger partial charge is 0.384 e. The molecule has 16 heavy (non-hydrogen) atoms. The van der Waals surface area contributed by atoms with Crippen LogP contribution in [0.25, 0.3) is 0 Å². The Balaban J connectivity index is 2.69. The van der Waals surface area contributed by atoms with E-state index in [-0.39, 0.29) is 5.84 Å². The van der Waals surface area contributed by atoms with Gasteiger partial charge in [-0.3, -0.25) is 5.41 Å². The molecule has 3 nitrogen and oxygen atoms in total. The zero-order valence-corrected chi connectivity index (χ0v) is 10.2. The first kappa shape index (κ1) is 12.7. The Hall–Kier alpha value is -1.35. The number of nitrogens with two attached hydrogens (primary N) is 1. The minimum Gasteiger partial charge on any atom is -0.384 e. The summed E-state index contributed by atoms with van der Waals surface area (Å²) < 4.78 is 0. The van der Waals surface area contributed by atoms with Crippen molar-refractivity contribution in [2.75, 3.05) is 13.6 Å². The SMILES string of the molecule is CCCCN(C)Cc1ccccc1C(=N)N. The Labute approximate surface area is 97.8 Å². The lowest BCUT2D eigenvalue weighted by Gasteiger charge is -2.18. The fourth-order valence-electron chi connectivity index (χ4n) is 1.72. The van der Waals surface area contributed by atoms with Gasteiger partial charge in [0, 0.05) is 12.1 Å². The van der Waals surface area contributed by atoms with Crippen LogP contribution in [0.4, 0.5) is 0 Å². The van der Waals surface area contributed by atoms with Crippen molar-refractivity contribution in [2.45, 2.75) is 26.3 Å². The van der Waals surface area contributed by atoms with Gasteiger partial charge < -0.3 is 10.6 Å². The highest BCUT2D eigenvalue weighted by Gasteiger charge is 2.06. The number of hydrogen-bond donors (Lipinski definition) is 2. The van der Waals surface area contributed by atoms with Crippen molar-refractivity contribution in [3.8, 4) is 0 Å². The molecule has 0 aliphatic rings. The average molecular weight is 219 g/mol. The molecule has 1 aromatic carbocycles. The molecule has 0 heterocycles. The highest BCUT2D eigenvalue weighted by Crippen LogP contribution is 2.10. The standard InChI is InChI=1S/C13H21N3/c1-3-4-9-16(2)10-11-7-5-6-8-12(11)13(14)15/h5-8H,3-4,9-10H2,1-2H3,(H3,14,15). The second-order valence-corrected chi connectivity index (χ2v) is 4.16. The highest BCUT2D eigenvalue weighted by molar-refractivity contribution is 5.96. The van der Waals surface area contributed by atoms with Gasteiger partial charge in [0.25, 0.3) is 0 Å². The predicted octanol–water partition coefficient (Wildman–Crippen LogP) is 2.20. The maximum Gasteiger partial charge on any atom is 0.123 e. The third-order valence-corrected chi connectivity index (χ3v) is 2.64. The molecule has 0 bridgehead atoms. The first-order chi connectivity index (χ1) is 7.65. The van der Waals surface area contributed by atoms with E-state index in [2.05, 4.69) is 18.9 Å². The first-order valence-corrected chi connectivity index (χ1v) is 5.76. The Morgan fingerprint density at radius 2 is 2.06 bits per heavy atom. The summed E-state index contributed by atoms with van der Waals surface area (Å²) in [4.78, 5) is 2.27. The zero-order chi connectivity index (χ0) is 12.0. The molecule has 3 N–H and O–H groups in total. The van der Waals surface area contributed by atoms with E-state index in [1.165, 1.54) is 12.8 Å². The molecule has 0 radical (unpaired) electrons. The van der Waals surface area contributed by atoms with Gasteiger partial charge in [-0.1, -0.05) is 37.6 Å². The van der Waals surface area contributed by atoms with Gasteiger partial charge in [-0.25, -0.2) is 0 Å². The molecule has 0 saturated carbocycles. The van der Waals surface area contributed by atoms with Gasteiger partial charge in [-0.15, -0.1) is 0 Å². The van der Waals surface area contributed by atoms with Gasteiger partial charge in [0.2, 0.25) is 0 Å². The molecule has 0 amide bonds. The topological polar surface area (TPSA) is 53.1 Å². The van der Waals surface area contributed by atoms with E-state index in [0.29, 0.717) is 0 Å². The maximum absolute atomic E-state index is 7.52. The third-order valence-electron chi connectivity index (χ3n) is 2.64. The molecule has 0 unspecified atom stereocenters. The van der Waals surface area contributed by atoms with Crippen LogP contribution in [0.2, 0.25) is 0 Å². The summed E-state index contributed by atoms with van der Waals surface area (Å²) in [5.41, 5.74) is 7.54. The van der Waals surface area contributed by atoms with Crippen molar-refractivity contribution < 1.29 is 0 Å². The number of nitrogens with zero attached hydrogens (tertiary/aromatic N) is 1. The Kier molecular flexibility index (Phi) is 4.99. The molecule has 0 spiro atoms. The van der Waals surface area contributed by atoms with Crippen LogP contribution in [0.5, 0.6) is 0 Å². The molecule has 0 atom stereocenters. The predicted molar refractivity (Wildman–Crippen MR) is 68.7 cm³/mol. The summed E-state index contributed by atoms with van der Waals surface area (Å²) >= 11 is 0. The van der Waals surface area contributed by atoms with Crippen molar-refractivity contribution in [2.24, 2.45) is 5.73 Å². The fraction of sp³-hybridized carbons (Fsp3) is 0.462. The van der Waals surface area contributed by atoms with E-state index in [1.54, 1.807) is 0 Å². The third kappa shape index (κ3) is 3.66. The van der Waals surface area contributed by atoms with Crippen molar-refractivity contribution >= 4 is 5.84 Å². The number of nitrogens with one attached hydrogen (secondary N) is 1. The summed E-state index contributed by atoms with van der Waals surface area (Å²) in [6, 6.07) is 7.87. The van der Waals surface area contributed by atoms with Crippen molar-refractivity contribution in [3.05, 3.63) is 35.4 Å². The van der Waals surface area contributed by atoms with Crippen molar-refractivity contribution in [1.82, 2.24) is 4.90 Å². The minimum absolute atomic E-state index is 0.152. The van der Waals surface area contributed by atoms with Crippen molar-refractivity contribution in [3.63, 3.8) is 0 Å². The summed E-state index contributed by atoms with van der Waals surface area (Å²) in [7, 11) is 2.10. The van der Waals surface area contributed by atoms with Gasteiger partial charge in [0.15, 0.2) is 0 Å². The number of rotatable bonds is 6. The Morgan fingerprint density at radius 3 is 2.69 bits per heavy atom.